The molecule has 2 aromatic carbocycles. The summed E-state index contributed by atoms with van der Waals surface area (Å²) in [5.41, 5.74) is 0.263. The summed E-state index contributed by atoms with van der Waals surface area (Å²) in [6.45, 7) is 1.37. The number of carbonyl (C=O) groups excluding carboxylic acids is 2. The molecule has 0 saturated carbocycles. The molecule has 0 aliphatic heterocycles. The minimum atomic E-state index is -4.49. The van der Waals surface area contributed by atoms with Crippen LogP contribution in [0.2, 0.25) is 5.02 Å². The molecular weight excluding hydrogens is 369 g/mol. The van der Waals surface area contributed by atoms with Crippen LogP contribution in [-0.4, -0.2) is 11.8 Å². The highest BCUT2D eigenvalue weighted by atomic mass is 35.5. The average molecular weight is 383 g/mol. The first-order valence-corrected chi connectivity index (χ1v) is 7.76. The fourth-order valence-corrected chi connectivity index (χ4v) is 2.22. The molecule has 2 N–H and O–H groups in total. The van der Waals surface area contributed by atoms with E-state index < -0.39 is 17.6 Å². The first-order chi connectivity index (χ1) is 12.1. The summed E-state index contributed by atoms with van der Waals surface area (Å²) >= 11 is 5.86. The second kappa shape index (κ2) is 8.05. The van der Waals surface area contributed by atoms with Crippen molar-refractivity contribution in [3.63, 3.8) is 0 Å². The number of alkyl halides is 3. The van der Waals surface area contributed by atoms with Gasteiger partial charge in [0.15, 0.2) is 0 Å². The molecule has 0 saturated heterocycles. The highest BCUT2D eigenvalue weighted by molar-refractivity contribution is 6.32. The van der Waals surface area contributed by atoms with E-state index in [1.807, 2.05) is 0 Å². The van der Waals surface area contributed by atoms with Crippen molar-refractivity contribution in [2.45, 2.75) is 13.1 Å². The Kier molecular flexibility index (Phi) is 6.05. The Morgan fingerprint density at radius 1 is 1.00 bits per heavy atom. The monoisotopic (exact) mass is 382 g/mol. The zero-order chi connectivity index (χ0) is 19.3. The van der Waals surface area contributed by atoms with E-state index in [0.29, 0.717) is 11.4 Å². The highest BCUT2D eigenvalue weighted by Crippen LogP contribution is 2.32. The van der Waals surface area contributed by atoms with Gasteiger partial charge in [0.2, 0.25) is 11.8 Å². The second-order valence-corrected chi connectivity index (χ2v) is 5.72. The van der Waals surface area contributed by atoms with Gasteiger partial charge in [-0.15, -0.1) is 0 Å². The summed E-state index contributed by atoms with van der Waals surface area (Å²) in [4.78, 5) is 22.8. The maximum absolute atomic E-state index is 12.7. The van der Waals surface area contributed by atoms with Crippen molar-refractivity contribution in [1.29, 1.82) is 0 Å². The Bertz CT molecular complexity index is 847. The lowest BCUT2D eigenvalue weighted by Gasteiger charge is -2.08. The third-order valence-corrected chi connectivity index (χ3v) is 3.55. The average Bonchev–Trinajstić information content (AvgIpc) is 2.54. The van der Waals surface area contributed by atoms with Crippen LogP contribution < -0.4 is 10.6 Å². The Labute approximate surface area is 152 Å². The molecule has 4 nitrogen and oxygen atoms in total. The SMILES string of the molecule is CC(=O)Nc1ccc(NC(=O)/C=C/c2cc(C(F)(F)F)ccc2Cl)cc1. The Balaban J connectivity index is 2.06. The molecule has 0 radical (unpaired) electrons. The van der Waals surface area contributed by atoms with Crippen molar-refractivity contribution in [2.24, 2.45) is 0 Å². The second-order valence-electron chi connectivity index (χ2n) is 5.32. The molecule has 0 unspecified atom stereocenters. The van der Waals surface area contributed by atoms with Gasteiger partial charge < -0.3 is 10.6 Å². The number of hydrogen-bond acceptors (Lipinski definition) is 2. The molecule has 0 aromatic heterocycles. The van der Waals surface area contributed by atoms with Crippen LogP contribution in [0.25, 0.3) is 6.08 Å². The van der Waals surface area contributed by atoms with Crippen LogP contribution in [0.15, 0.2) is 48.5 Å². The number of amides is 2. The van der Waals surface area contributed by atoms with E-state index in [1.165, 1.54) is 13.0 Å². The maximum Gasteiger partial charge on any atom is 0.416 e. The van der Waals surface area contributed by atoms with E-state index in [9.17, 15) is 22.8 Å². The standard InChI is InChI=1S/C18H14ClF3N2O2/c1-11(25)23-14-4-6-15(7-5-14)24-17(26)9-2-12-10-13(18(20,21)22)3-8-16(12)19/h2-10H,1H3,(H,23,25)(H,24,26)/b9-2+. The van der Waals surface area contributed by atoms with Gasteiger partial charge in [0.05, 0.1) is 5.56 Å². The predicted molar refractivity (Wildman–Crippen MR) is 94.9 cm³/mol. The van der Waals surface area contributed by atoms with Crippen molar-refractivity contribution in [2.75, 3.05) is 10.6 Å². The fourth-order valence-electron chi connectivity index (χ4n) is 2.04. The van der Waals surface area contributed by atoms with Crippen LogP contribution in [0, 0.1) is 0 Å². The number of rotatable bonds is 4. The molecular formula is C18H14ClF3N2O2. The number of halogens is 4. The Morgan fingerprint density at radius 3 is 2.12 bits per heavy atom. The van der Waals surface area contributed by atoms with Crippen molar-refractivity contribution in [1.82, 2.24) is 0 Å². The van der Waals surface area contributed by atoms with E-state index in [0.717, 1.165) is 24.3 Å². The summed E-state index contributed by atoms with van der Waals surface area (Å²) in [7, 11) is 0. The lowest BCUT2D eigenvalue weighted by atomic mass is 10.1. The summed E-state index contributed by atoms with van der Waals surface area (Å²) in [6.07, 6.45) is -2.20. The fraction of sp³-hybridized carbons (Fsp3) is 0.111. The van der Waals surface area contributed by atoms with Crippen LogP contribution in [0.4, 0.5) is 24.5 Å². The molecule has 2 aromatic rings. The molecule has 2 amide bonds. The van der Waals surface area contributed by atoms with Gasteiger partial charge in [-0.05, 0) is 54.1 Å². The number of anilines is 2. The number of benzene rings is 2. The van der Waals surface area contributed by atoms with Crippen LogP contribution in [0.1, 0.15) is 18.1 Å². The van der Waals surface area contributed by atoms with Crippen molar-refractivity contribution in [3.8, 4) is 0 Å². The van der Waals surface area contributed by atoms with Gasteiger partial charge in [-0.1, -0.05) is 11.6 Å². The van der Waals surface area contributed by atoms with Gasteiger partial charge in [0.25, 0.3) is 0 Å². The number of carbonyl (C=O) groups is 2. The van der Waals surface area contributed by atoms with Gasteiger partial charge in [-0.25, -0.2) is 0 Å². The van der Waals surface area contributed by atoms with E-state index in [1.54, 1.807) is 24.3 Å². The normalized spacial score (nSPS) is 11.4. The lowest BCUT2D eigenvalue weighted by Crippen LogP contribution is -2.09. The number of nitrogens with one attached hydrogen (secondary N) is 2. The van der Waals surface area contributed by atoms with Gasteiger partial charge in [0.1, 0.15) is 0 Å². The summed E-state index contributed by atoms with van der Waals surface area (Å²) in [5.74, 6) is -0.756. The molecule has 0 heterocycles. The van der Waals surface area contributed by atoms with Crippen molar-refractivity contribution < 1.29 is 22.8 Å². The van der Waals surface area contributed by atoms with Crippen LogP contribution in [-0.2, 0) is 15.8 Å². The van der Waals surface area contributed by atoms with Gasteiger partial charge in [-0.2, -0.15) is 13.2 Å². The number of hydrogen-bond donors (Lipinski definition) is 2. The zero-order valence-corrected chi connectivity index (χ0v) is 14.3. The van der Waals surface area contributed by atoms with Crippen LogP contribution in [0.5, 0.6) is 0 Å². The van der Waals surface area contributed by atoms with Crippen LogP contribution >= 0.6 is 11.6 Å². The molecule has 2 rings (SSSR count). The lowest BCUT2D eigenvalue weighted by molar-refractivity contribution is -0.137. The first-order valence-electron chi connectivity index (χ1n) is 7.38. The smallest absolute Gasteiger partial charge is 0.326 e. The van der Waals surface area contributed by atoms with Gasteiger partial charge in [-0.3, -0.25) is 9.59 Å². The third-order valence-electron chi connectivity index (χ3n) is 3.21. The molecule has 0 aliphatic carbocycles. The predicted octanol–water partition coefficient (Wildman–Crippen LogP) is 4.97. The molecule has 26 heavy (non-hydrogen) atoms. The van der Waals surface area contributed by atoms with E-state index in [4.69, 9.17) is 11.6 Å². The summed E-state index contributed by atoms with van der Waals surface area (Å²) in [5, 5.41) is 5.24. The van der Waals surface area contributed by atoms with Crippen molar-refractivity contribution >= 4 is 40.9 Å². The molecule has 136 valence electrons. The molecule has 8 heteroatoms. The third kappa shape index (κ3) is 5.63. The minimum Gasteiger partial charge on any atom is -0.326 e. The highest BCUT2D eigenvalue weighted by Gasteiger charge is 2.30. The zero-order valence-electron chi connectivity index (χ0n) is 13.5. The van der Waals surface area contributed by atoms with Gasteiger partial charge in [0, 0.05) is 29.4 Å². The molecule has 0 fully saturated rings. The first kappa shape index (κ1) is 19.5. The Hall–Kier alpha value is -2.80. The quantitative estimate of drug-likeness (QED) is 0.733. The van der Waals surface area contributed by atoms with Gasteiger partial charge >= 0.3 is 6.18 Å². The maximum atomic E-state index is 12.7. The summed E-state index contributed by atoms with van der Waals surface area (Å²) in [6, 6.07) is 9.23. The van der Waals surface area contributed by atoms with E-state index in [2.05, 4.69) is 10.6 Å². The Morgan fingerprint density at radius 2 is 1.58 bits per heavy atom. The largest absolute Gasteiger partial charge is 0.416 e. The molecule has 0 aliphatic rings. The molecule has 0 spiro atoms. The van der Waals surface area contributed by atoms with E-state index >= 15 is 0 Å². The minimum absolute atomic E-state index is 0.0812. The van der Waals surface area contributed by atoms with Crippen LogP contribution in [0.3, 0.4) is 0 Å². The molecule has 0 bridgehead atoms. The van der Waals surface area contributed by atoms with E-state index in [-0.39, 0.29) is 16.5 Å². The topological polar surface area (TPSA) is 58.2 Å². The molecule has 0 atom stereocenters. The summed E-state index contributed by atoms with van der Waals surface area (Å²) < 4.78 is 38.2. The van der Waals surface area contributed by atoms with Crippen molar-refractivity contribution in [3.05, 3.63) is 64.7 Å².